The lowest BCUT2D eigenvalue weighted by Gasteiger charge is -2.20. The lowest BCUT2D eigenvalue weighted by Crippen LogP contribution is -2.47. The number of carbonyl (C=O) groups is 2. The van der Waals surface area contributed by atoms with Gasteiger partial charge in [0.15, 0.2) is 0 Å². The van der Waals surface area contributed by atoms with Crippen molar-refractivity contribution in [2.75, 3.05) is 18.1 Å². The minimum atomic E-state index is -0.153. The van der Waals surface area contributed by atoms with Crippen molar-refractivity contribution in [1.29, 1.82) is 0 Å². The van der Waals surface area contributed by atoms with Crippen LogP contribution in [0.3, 0.4) is 0 Å². The van der Waals surface area contributed by atoms with Gasteiger partial charge in [-0.1, -0.05) is 25.7 Å². The van der Waals surface area contributed by atoms with Crippen LogP contribution < -0.4 is 20.3 Å². The van der Waals surface area contributed by atoms with Crippen LogP contribution in [0.15, 0.2) is 24.3 Å². The van der Waals surface area contributed by atoms with Gasteiger partial charge in [0, 0.05) is 24.7 Å². The van der Waals surface area contributed by atoms with Gasteiger partial charge in [-0.2, -0.15) is 0 Å². The Kier molecular flexibility index (Phi) is 6.36. The topological polar surface area (TPSA) is 70.7 Å². The number of nitrogens with zero attached hydrogens (tertiary/aromatic N) is 1. The average Bonchev–Trinajstić information content (AvgIpc) is 2.82. The zero-order valence-corrected chi connectivity index (χ0v) is 15.5. The van der Waals surface area contributed by atoms with Crippen molar-refractivity contribution in [1.82, 2.24) is 10.6 Å². The average molecular weight is 359 g/mol. The molecule has 2 fully saturated rings. The van der Waals surface area contributed by atoms with Crippen molar-refractivity contribution in [2.24, 2.45) is 0 Å². The highest BCUT2D eigenvalue weighted by molar-refractivity contribution is 5.96. The van der Waals surface area contributed by atoms with E-state index in [0.29, 0.717) is 19.6 Å². The van der Waals surface area contributed by atoms with Gasteiger partial charge in [0.2, 0.25) is 5.91 Å². The summed E-state index contributed by atoms with van der Waals surface area (Å²) >= 11 is 0. The number of rotatable bonds is 5. The zero-order chi connectivity index (χ0) is 18.4. The minimum absolute atomic E-state index is 0.0360. The van der Waals surface area contributed by atoms with E-state index in [9.17, 15) is 9.59 Å². The molecular formula is C20H29N3O3. The summed E-state index contributed by atoms with van der Waals surface area (Å²) in [4.78, 5) is 26.3. The molecule has 0 spiro atoms. The molecule has 1 aliphatic heterocycles. The first-order valence-corrected chi connectivity index (χ1v) is 9.76. The third-order valence-electron chi connectivity index (χ3n) is 5.11. The number of nitrogens with one attached hydrogen (secondary N) is 2. The molecule has 1 saturated heterocycles. The summed E-state index contributed by atoms with van der Waals surface area (Å²) in [6, 6.07) is 7.46. The van der Waals surface area contributed by atoms with Gasteiger partial charge in [0.05, 0.1) is 12.6 Å². The summed E-state index contributed by atoms with van der Waals surface area (Å²) in [6.45, 7) is 3.06. The van der Waals surface area contributed by atoms with Crippen LogP contribution in [0.2, 0.25) is 0 Å². The molecule has 2 aliphatic rings. The van der Waals surface area contributed by atoms with Crippen LogP contribution in [0.5, 0.6) is 5.75 Å². The highest BCUT2D eigenvalue weighted by Crippen LogP contribution is 2.24. The Morgan fingerprint density at radius 3 is 2.38 bits per heavy atom. The van der Waals surface area contributed by atoms with E-state index >= 15 is 0 Å². The summed E-state index contributed by atoms with van der Waals surface area (Å²) < 4.78 is 5.44. The Morgan fingerprint density at radius 1 is 1.08 bits per heavy atom. The van der Waals surface area contributed by atoms with E-state index in [1.165, 1.54) is 25.7 Å². The fourth-order valence-corrected chi connectivity index (χ4v) is 3.78. The zero-order valence-electron chi connectivity index (χ0n) is 15.5. The van der Waals surface area contributed by atoms with Crippen LogP contribution in [0.25, 0.3) is 0 Å². The molecule has 6 heteroatoms. The maximum absolute atomic E-state index is 12.3. The molecule has 2 N–H and O–H groups in total. The molecule has 0 radical (unpaired) electrons. The molecule has 1 unspecified atom stereocenters. The third kappa shape index (κ3) is 4.90. The summed E-state index contributed by atoms with van der Waals surface area (Å²) in [5.41, 5.74) is 0.840. The molecule has 0 bridgehead atoms. The van der Waals surface area contributed by atoms with Crippen molar-refractivity contribution in [3.63, 3.8) is 0 Å². The SMILES string of the molecule is CCOc1ccc(N2CC(NC(=O)NC3CCCCCC3)CC2=O)cc1. The Morgan fingerprint density at radius 2 is 1.73 bits per heavy atom. The van der Waals surface area contributed by atoms with Crippen molar-refractivity contribution in [2.45, 2.75) is 64.0 Å². The maximum Gasteiger partial charge on any atom is 0.315 e. The second-order valence-corrected chi connectivity index (χ2v) is 7.14. The fourth-order valence-electron chi connectivity index (χ4n) is 3.78. The molecule has 1 heterocycles. The molecule has 0 aromatic heterocycles. The third-order valence-corrected chi connectivity index (χ3v) is 5.11. The first-order valence-electron chi connectivity index (χ1n) is 9.76. The number of hydrogen-bond acceptors (Lipinski definition) is 3. The first kappa shape index (κ1) is 18.5. The number of urea groups is 1. The van der Waals surface area contributed by atoms with Gasteiger partial charge in [-0.15, -0.1) is 0 Å². The van der Waals surface area contributed by atoms with Crippen molar-refractivity contribution >= 4 is 17.6 Å². The molecule has 6 nitrogen and oxygen atoms in total. The molecule has 1 aromatic rings. The Bertz CT molecular complexity index is 609. The van der Waals surface area contributed by atoms with Crippen LogP contribution in [-0.2, 0) is 4.79 Å². The van der Waals surface area contributed by atoms with Gasteiger partial charge >= 0.3 is 6.03 Å². The van der Waals surface area contributed by atoms with E-state index in [4.69, 9.17) is 4.74 Å². The Hall–Kier alpha value is -2.24. The summed E-state index contributed by atoms with van der Waals surface area (Å²) in [7, 11) is 0. The van der Waals surface area contributed by atoms with Gasteiger partial charge in [0.1, 0.15) is 5.75 Å². The number of ether oxygens (including phenoxy) is 1. The van der Waals surface area contributed by atoms with Crippen LogP contribution in [0, 0.1) is 0 Å². The number of amides is 3. The predicted molar refractivity (Wildman–Crippen MR) is 102 cm³/mol. The van der Waals surface area contributed by atoms with Crippen LogP contribution in [0.4, 0.5) is 10.5 Å². The second kappa shape index (κ2) is 8.92. The van der Waals surface area contributed by atoms with E-state index in [1.807, 2.05) is 31.2 Å². The number of carbonyl (C=O) groups excluding carboxylic acids is 2. The summed E-state index contributed by atoms with van der Waals surface area (Å²) in [6.07, 6.45) is 7.31. The van der Waals surface area contributed by atoms with Gasteiger partial charge in [0.25, 0.3) is 0 Å². The van der Waals surface area contributed by atoms with E-state index in [-0.39, 0.29) is 24.0 Å². The highest BCUT2D eigenvalue weighted by Gasteiger charge is 2.32. The first-order chi connectivity index (χ1) is 12.7. The maximum atomic E-state index is 12.3. The van der Waals surface area contributed by atoms with Crippen LogP contribution >= 0.6 is 0 Å². The number of benzene rings is 1. The summed E-state index contributed by atoms with van der Waals surface area (Å²) in [5.74, 6) is 0.828. The van der Waals surface area contributed by atoms with Gasteiger partial charge in [-0.25, -0.2) is 4.79 Å². The molecule has 1 aromatic carbocycles. The van der Waals surface area contributed by atoms with Gasteiger partial charge in [-0.3, -0.25) is 4.79 Å². The Labute approximate surface area is 155 Å². The quantitative estimate of drug-likeness (QED) is 0.793. The largest absolute Gasteiger partial charge is 0.494 e. The molecular weight excluding hydrogens is 330 g/mol. The smallest absolute Gasteiger partial charge is 0.315 e. The standard InChI is InChI=1S/C20H29N3O3/c1-2-26-18-11-9-17(10-12-18)23-14-16(13-19(23)24)22-20(25)21-15-7-5-3-4-6-8-15/h9-12,15-16H,2-8,13-14H2,1H3,(H2,21,22,25). The van der Waals surface area contributed by atoms with Gasteiger partial charge < -0.3 is 20.3 Å². The number of anilines is 1. The Balaban J connectivity index is 1.51. The van der Waals surface area contributed by atoms with Crippen LogP contribution in [0.1, 0.15) is 51.9 Å². The molecule has 1 atom stereocenters. The van der Waals surface area contributed by atoms with E-state index in [2.05, 4.69) is 10.6 Å². The van der Waals surface area contributed by atoms with E-state index in [0.717, 1.165) is 24.3 Å². The van der Waals surface area contributed by atoms with Crippen molar-refractivity contribution in [3.05, 3.63) is 24.3 Å². The summed E-state index contributed by atoms with van der Waals surface area (Å²) in [5, 5.41) is 6.05. The fraction of sp³-hybridized carbons (Fsp3) is 0.600. The molecule has 142 valence electrons. The lowest BCUT2D eigenvalue weighted by molar-refractivity contribution is -0.117. The van der Waals surface area contributed by atoms with Crippen molar-refractivity contribution in [3.8, 4) is 5.75 Å². The highest BCUT2D eigenvalue weighted by atomic mass is 16.5. The normalized spacial score (nSPS) is 21.3. The monoisotopic (exact) mass is 359 g/mol. The molecule has 26 heavy (non-hydrogen) atoms. The van der Waals surface area contributed by atoms with E-state index < -0.39 is 0 Å². The molecule has 1 aliphatic carbocycles. The van der Waals surface area contributed by atoms with Crippen molar-refractivity contribution < 1.29 is 14.3 Å². The lowest BCUT2D eigenvalue weighted by atomic mass is 10.1. The molecule has 1 saturated carbocycles. The molecule has 3 amide bonds. The number of hydrogen-bond donors (Lipinski definition) is 2. The van der Waals surface area contributed by atoms with Gasteiger partial charge in [-0.05, 0) is 44.0 Å². The predicted octanol–water partition coefficient (Wildman–Crippen LogP) is 3.21. The van der Waals surface area contributed by atoms with E-state index in [1.54, 1.807) is 4.90 Å². The minimum Gasteiger partial charge on any atom is -0.494 e. The van der Waals surface area contributed by atoms with Crippen LogP contribution in [-0.4, -0.2) is 37.2 Å². The molecule has 3 rings (SSSR count). The second-order valence-electron chi connectivity index (χ2n) is 7.14.